The van der Waals surface area contributed by atoms with Crippen LogP contribution in [0.4, 0.5) is 4.39 Å². The van der Waals surface area contributed by atoms with Crippen LogP contribution in [0.15, 0.2) is 36.1 Å². The Balaban J connectivity index is 2.14. The lowest BCUT2D eigenvalue weighted by molar-refractivity contribution is 0.104. The zero-order valence-electron chi connectivity index (χ0n) is 8.20. The molecule has 2 nitrogen and oxygen atoms in total. The molecule has 2 rings (SSSR count). The minimum Gasteiger partial charge on any atom is -0.498 e. The number of ether oxygens (including phenoxy) is 1. The summed E-state index contributed by atoms with van der Waals surface area (Å²) in [5.74, 6) is 0.257. The SMILES string of the molecule is O=C(/C=C1/CCCO1)c1ccc(F)cc1. The average molecular weight is 206 g/mol. The number of halogens is 1. The Labute approximate surface area is 87.4 Å². The minimum absolute atomic E-state index is 0.132. The molecule has 1 heterocycles. The topological polar surface area (TPSA) is 26.3 Å². The Morgan fingerprint density at radius 3 is 2.67 bits per heavy atom. The molecule has 1 fully saturated rings. The van der Waals surface area contributed by atoms with Crippen molar-refractivity contribution in [3.63, 3.8) is 0 Å². The van der Waals surface area contributed by atoms with Crippen molar-refractivity contribution in [1.29, 1.82) is 0 Å². The molecule has 1 aromatic carbocycles. The van der Waals surface area contributed by atoms with E-state index in [0.717, 1.165) is 18.6 Å². The number of benzene rings is 1. The van der Waals surface area contributed by atoms with Crippen LogP contribution in [-0.4, -0.2) is 12.4 Å². The van der Waals surface area contributed by atoms with Gasteiger partial charge < -0.3 is 4.74 Å². The lowest BCUT2D eigenvalue weighted by Crippen LogP contribution is -1.96. The summed E-state index contributed by atoms with van der Waals surface area (Å²) in [5, 5.41) is 0. The standard InChI is InChI=1S/C12H11FO2/c13-10-5-3-9(4-6-10)12(14)8-11-2-1-7-15-11/h3-6,8H,1-2,7H2/b11-8-. The van der Waals surface area contributed by atoms with Crippen molar-refractivity contribution >= 4 is 5.78 Å². The van der Waals surface area contributed by atoms with Gasteiger partial charge >= 0.3 is 0 Å². The quantitative estimate of drug-likeness (QED) is 0.549. The molecule has 0 aliphatic carbocycles. The molecule has 0 saturated carbocycles. The second-order valence-corrected chi connectivity index (χ2v) is 3.43. The zero-order chi connectivity index (χ0) is 10.7. The lowest BCUT2D eigenvalue weighted by Gasteiger charge is -1.98. The molecule has 1 aliphatic heterocycles. The number of hydrogen-bond donors (Lipinski definition) is 0. The maximum absolute atomic E-state index is 12.6. The number of hydrogen-bond acceptors (Lipinski definition) is 2. The molecule has 0 unspecified atom stereocenters. The van der Waals surface area contributed by atoms with Crippen molar-refractivity contribution in [2.45, 2.75) is 12.8 Å². The van der Waals surface area contributed by atoms with Gasteiger partial charge in [-0.05, 0) is 30.7 Å². The van der Waals surface area contributed by atoms with Gasteiger partial charge in [-0.1, -0.05) is 0 Å². The highest BCUT2D eigenvalue weighted by atomic mass is 19.1. The van der Waals surface area contributed by atoms with Gasteiger partial charge in [0.25, 0.3) is 0 Å². The number of carbonyl (C=O) groups is 1. The predicted molar refractivity (Wildman–Crippen MR) is 54.0 cm³/mol. The van der Waals surface area contributed by atoms with E-state index in [9.17, 15) is 9.18 Å². The van der Waals surface area contributed by atoms with Crippen LogP contribution < -0.4 is 0 Å². The minimum atomic E-state index is -0.337. The Kier molecular flexibility index (Phi) is 2.81. The largest absolute Gasteiger partial charge is 0.498 e. The number of ketones is 1. The summed E-state index contributed by atoms with van der Waals surface area (Å²) in [6.07, 6.45) is 3.26. The van der Waals surface area contributed by atoms with Crippen LogP contribution in [0, 0.1) is 5.82 Å². The van der Waals surface area contributed by atoms with E-state index in [0.29, 0.717) is 12.2 Å². The van der Waals surface area contributed by atoms with Gasteiger partial charge in [-0.15, -0.1) is 0 Å². The highest BCUT2D eigenvalue weighted by Crippen LogP contribution is 2.17. The van der Waals surface area contributed by atoms with Crippen LogP contribution in [0.5, 0.6) is 0 Å². The molecule has 1 aliphatic rings. The molecule has 0 bridgehead atoms. The molecule has 0 N–H and O–H groups in total. The van der Waals surface area contributed by atoms with Crippen LogP contribution in [0.1, 0.15) is 23.2 Å². The van der Waals surface area contributed by atoms with Crippen molar-refractivity contribution in [1.82, 2.24) is 0 Å². The van der Waals surface area contributed by atoms with Gasteiger partial charge in [0.15, 0.2) is 5.78 Å². The first-order chi connectivity index (χ1) is 7.25. The smallest absolute Gasteiger partial charge is 0.189 e. The maximum atomic E-state index is 12.6. The molecule has 3 heteroatoms. The third-order valence-electron chi connectivity index (χ3n) is 2.28. The summed E-state index contributed by atoms with van der Waals surface area (Å²) < 4.78 is 17.8. The third kappa shape index (κ3) is 2.43. The Hall–Kier alpha value is -1.64. The van der Waals surface area contributed by atoms with Gasteiger partial charge in [-0.25, -0.2) is 4.39 Å². The highest BCUT2D eigenvalue weighted by Gasteiger charge is 2.10. The van der Waals surface area contributed by atoms with Gasteiger partial charge in [0.2, 0.25) is 0 Å². The summed E-state index contributed by atoms with van der Waals surface area (Å²) in [7, 11) is 0. The predicted octanol–water partition coefficient (Wildman–Crippen LogP) is 2.70. The van der Waals surface area contributed by atoms with Crippen LogP contribution >= 0.6 is 0 Å². The van der Waals surface area contributed by atoms with E-state index in [2.05, 4.69) is 0 Å². The van der Waals surface area contributed by atoms with E-state index in [1.165, 1.54) is 30.3 Å². The third-order valence-corrected chi connectivity index (χ3v) is 2.28. The molecule has 0 spiro atoms. The summed E-state index contributed by atoms with van der Waals surface area (Å²) in [4.78, 5) is 11.6. The van der Waals surface area contributed by atoms with E-state index < -0.39 is 0 Å². The second-order valence-electron chi connectivity index (χ2n) is 3.43. The fourth-order valence-electron chi connectivity index (χ4n) is 1.48. The lowest BCUT2D eigenvalue weighted by atomic mass is 10.1. The molecule has 0 radical (unpaired) electrons. The molecule has 0 aromatic heterocycles. The second kappa shape index (κ2) is 4.26. The molecule has 15 heavy (non-hydrogen) atoms. The van der Waals surface area contributed by atoms with Gasteiger partial charge in [0.05, 0.1) is 12.4 Å². The van der Waals surface area contributed by atoms with E-state index in [4.69, 9.17) is 4.74 Å². The molecule has 1 saturated heterocycles. The Morgan fingerprint density at radius 2 is 2.07 bits per heavy atom. The highest BCUT2D eigenvalue weighted by molar-refractivity contribution is 6.04. The first-order valence-electron chi connectivity index (χ1n) is 4.89. The maximum Gasteiger partial charge on any atom is 0.189 e. The number of rotatable bonds is 2. The van der Waals surface area contributed by atoms with Crippen LogP contribution in [0.3, 0.4) is 0 Å². The molecule has 0 atom stereocenters. The number of carbonyl (C=O) groups excluding carboxylic acids is 1. The van der Waals surface area contributed by atoms with Gasteiger partial charge in [0, 0.05) is 18.1 Å². The Bertz CT molecular complexity index is 385. The summed E-state index contributed by atoms with van der Waals surface area (Å²) >= 11 is 0. The van der Waals surface area contributed by atoms with Crippen molar-refractivity contribution in [2.24, 2.45) is 0 Å². The molecular formula is C12H11FO2. The average Bonchev–Trinajstić information content (AvgIpc) is 2.71. The van der Waals surface area contributed by atoms with E-state index in [-0.39, 0.29) is 11.6 Å². The van der Waals surface area contributed by atoms with Crippen molar-refractivity contribution in [3.8, 4) is 0 Å². The summed E-state index contributed by atoms with van der Waals surface area (Å²) in [5.41, 5.74) is 0.486. The molecule has 1 aromatic rings. The summed E-state index contributed by atoms with van der Waals surface area (Å²) in [6, 6.07) is 5.51. The zero-order valence-corrected chi connectivity index (χ0v) is 8.20. The van der Waals surface area contributed by atoms with Crippen molar-refractivity contribution < 1.29 is 13.9 Å². The monoisotopic (exact) mass is 206 g/mol. The number of allylic oxidation sites excluding steroid dienone is 2. The molecule has 0 amide bonds. The fourth-order valence-corrected chi connectivity index (χ4v) is 1.48. The molecular weight excluding hydrogens is 195 g/mol. The Morgan fingerprint density at radius 1 is 1.33 bits per heavy atom. The first-order valence-corrected chi connectivity index (χ1v) is 4.89. The van der Waals surface area contributed by atoms with E-state index >= 15 is 0 Å². The van der Waals surface area contributed by atoms with Crippen molar-refractivity contribution in [2.75, 3.05) is 6.61 Å². The fraction of sp³-hybridized carbons (Fsp3) is 0.250. The first kappa shape index (κ1) is 9.90. The van der Waals surface area contributed by atoms with Gasteiger partial charge in [0.1, 0.15) is 5.82 Å². The summed E-state index contributed by atoms with van der Waals surface area (Å²) in [6.45, 7) is 0.683. The van der Waals surface area contributed by atoms with Crippen LogP contribution in [0.25, 0.3) is 0 Å². The van der Waals surface area contributed by atoms with Crippen LogP contribution in [-0.2, 0) is 4.74 Å². The van der Waals surface area contributed by atoms with Crippen LogP contribution in [0.2, 0.25) is 0 Å². The van der Waals surface area contributed by atoms with Gasteiger partial charge in [-0.2, -0.15) is 0 Å². The normalized spacial score (nSPS) is 17.8. The van der Waals surface area contributed by atoms with Gasteiger partial charge in [-0.3, -0.25) is 4.79 Å². The van der Waals surface area contributed by atoms with Crippen molar-refractivity contribution in [3.05, 3.63) is 47.5 Å². The van der Waals surface area contributed by atoms with E-state index in [1.54, 1.807) is 0 Å². The van der Waals surface area contributed by atoms with E-state index in [1.807, 2.05) is 0 Å². The molecule has 78 valence electrons.